The lowest BCUT2D eigenvalue weighted by atomic mass is 9.44. The first-order valence-corrected chi connectivity index (χ1v) is 11.0. The third-order valence-corrected chi connectivity index (χ3v) is 6.72. The summed E-state index contributed by atoms with van der Waals surface area (Å²) in [6, 6.07) is 7.19. The highest BCUT2D eigenvalue weighted by atomic mass is 35.5. The van der Waals surface area contributed by atoms with E-state index in [0.29, 0.717) is 41.2 Å². The number of hydrogen-bond acceptors (Lipinski definition) is 7. The van der Waals surface area contributed by atoms with E-state index in [-0.39, 0.29) is 17.9 Å². The summed E-state index contributed by atoms with van der Waals surface area (Å²) in [7, 11) is 0. The largest absolute Gasteiger partial charge is 0.574 e. The number of aromatic nitrogens is 1. The zero-order valence-electron chi connectivity index (χ0n) is 17.6. The van der Waals surface area contributed by atoms with Crippen molar-refractivity contribution in [3.05, 3.63) is 52.7 Å². The number of nitrogens with zero attached hydrogens (tertiary/aromatic N) is 1. The molecule has 2 heterocycles. The van der Waals surface area contributed by atoms with Gasteiger partial charge in [-0.25, -0.2) is 4.98 Å². The van der Waals surface area contributed by atoms with Crippen LogP contribution in [0.5, 0.6) is 11.6 Å². The molecule has 0 radical (unpaired) electrons. The number of carbonyl (C=O) groups is 1. The molecule has 2 aromatic rings. The van der Waals surface area contributed by atoms with E-state index in [1.54, 1.807) is 18.2 Å². The molecule has 4 aliphatic rings. The molecule has 0 saturated heterocycles. The summed E-state index contributed by atoms with van der Waals surface area (Å²) < 4.78 is 46.2. The van der Waals surface area contributed by atoms with Crippen LogP contribution in [-0.2, 0) is 4.79 Å². The molecule has 12 heteroatoms. The van der Waals surface area contributed by atoms with E-state index in [1.165, 1.54) is 6.07 Å². The summed E-state index contributed by atoms with van der Waals surface area (Å²) in [5.74, 6) is -0.517. The Bertz CT molecular complexity index is 1090. The van der Waals surface area contributed by atoms with Gasteiger partial charge in [0, 0.05) is 45.9 Å². The number of aliphatic hydroxyl groups is 2. The number of carbonyl (C=O) groups excluding carboxylic acids is 1. The number of alkyl halides is 3. The van der Waals surface area contributed by atoms with Crippen LogP contribution < -0.4 is 20.1 Å². The number of pyridine rings is 1. The van der Waals surface area contributed by atoms with E-state index in [9.17, 15) is 28.2 Å². The van der Waals surface area contributed by atoms with Crippen molar-refractivity contribution in [3.8, 4) is 11.6 Å². The highest BCUT2D eigenvalue weighted by molar-refractivity contribution is 6.30. The summed E-state index contributed by atoms with van der Waals surface area (Å²) in [5.41, 5.74) is 0.0398. The van der Waals surface area contributed by atoms with Crippen molar-refractivity contribution in [2.75, 3.05) is 0 Å². The first-order valence-electron chi connectivity index (χ1n) is 10.6. The molecule has 0 spiro atoms. The number of fused-ring (bicyclic) bond motifs is 1. The van der Waals surface area contributed by atoms with E-state index in [4.69, 9.17) is 16.3 Å². The number of nitrogens with one attached hydrogen (secondary N) is 2. The van der Waals surface area contributed by atoms with E-state index < -0.39 is 36.2 Å². The van der Waals surface area contributed by atoms with Gasteiger partial charge >= 0.3 is 6.36 Å². The molecule has 2 bridgehead atoms. The van der Waals surface area contributed by atoms with Crippen molar-refractivity contribution in [1.82, 2.24) is 15.6 Å². The van der Waals surface area contributed by atoms with Crippen molar-refractivity contribution in [2.24, 2.45) is 0 Å². The van der Waals surface area contributed by atoms with E-state index in [2.05, 4.69) is 20.4 Å². The molecule has 1 aliphatic heterocycles. The molecule has 1 unspecified atom stereocenters. The molecule has 34 heavy (non-hydrogen) atoms. The Kier molecular flexibility index (Phi) is 5.43. The molecule has 8 nitrogen and oxygen atoms in total. The number of aliphatic hydroxyl groups excluding tert-OH is 2. The molecule has 3 fully saturated rings. The van der Waals surface area contributed by atoms with E-state index >= 15 is 0 Å². The third kappa shape index (κ3) is 4.40. The van der Waals surface area contributed by atoms with Gasteiger partial charge < -0.3 is 25.0 Å². The Morgan fingerprint density at radius 2 is 1.97 bits per heavy atom. The number of ether oxygens (including phenoxy) is 2. The third-order valence-electron chi connectivity index (χ3n) is 6.49. The van der Waals surface area contributed by atoms with Crippen molar-refractivity contribution in [3.63, 3.8) is 0 Å². The second-order valence-corrected chi connectivity index (χ2v) is 9.58. The summed E-state index contributed by atoms with van der Waals surface area (Å²) in [5, 5.41) is 27.3. The Morgan fingerprint density at radius 1 is 1.24 bits per heavy atom. The summed E-state index contributed by atoms with van der Waals surface area (Å²) >= 11 is 5.96. The number of benzene rings is 1. The molecule has 1 aromatic carbocycles. The Labute approximate surface area is 197 Å². The van der Waals surface area contributed by atoms with Crippen molar-refractivity contribution in [2.45, 2.75) is 61.6 Å². The normalized spacial score (nSPS) is 30.2. The van der Waals surface area contributed by atoms with Crippen LogP contribution in [-0.4, -0.2) is 44.6 Å². The van der Waals surface area contributed by atoms with Crippen molar-refractivity contribution >= 4 is 17.5 Å². The molecule has 1 amide bonds. The van der Waals surface area contributed by atoms with Crippen LogP contribution in [0.1, 0.15) is 49.1 Å². The van der Waals surface area contributed by atoms with Gasteiger partial charge in [-0.05, 0) is 43.5 Å². The molecular formula is C22H21ClF3N3O5. The highest BCUT2D eigenvalue weighted by Crippen LogP contribution is 2.61. The number of halogens is 4. The molecule has 4 N–H and O–H groups in total. The Balaban J connectivity index is 1.13. The van der Waals surface area contributed by atoms with E-state index in [0.717, 1.165) is 12.3 Å². The molecule has 6 rings (SSSR count). The highest BCUT2D eigenvalue weighted by Gasteiger charge is 2.69. The van der Waals surface area contributed by atoms with Gasteiger partial charge in [-0.15, -0.1) is 13.2 Å². The second-order valence-electron chi connectivity index (χ2n) is 9.14. The topological polar surface area (TPSA) is 113 Å². The summed E-state index contributed by atoms with van der Waals surface area (Å²) in [6.07, 6.45) is -4.73. The minimum absolute atomic E-state index is 0.110. The first-order chi connectivity index (χ1) is 15.9. The van der Waals surface area contributed by atoms with Gasteiger partial charge in [-0.1, -0.05) is 11.6 Å². The summed E-state index contributed by atoms with van der Waals surface area (Å²) in [4.78, 5) is 16.4. The van der Waals surface area contributed by atoms with Crippen LogP contribution in [0.3, 0.4) is 0 Å². The van der Waals surface area contributed by atoms with E-state index in [1.807, 2.05) is 0 Å². The molecule has 1 aromatic heterocycles. The molecule has 3 aliphatic carbocycles. The number of rotatable bonds is 6. The number of amides is 1. The quantitative estimate of drug-likeness (QED) is 0.452. The molecule has 182 valence electrons. The monoisotopic (exact) mass is 499 g/mol. The van der Waals surface area contributed by atoms with Crippen LogP contribution in [0.15, 0.2) is 36.5 Å². The predicted molar refractivity (Wildman–Crippen MR) is 112 cm³/mol. The summed E-state index contributed by atoms with van der Waals surface area (Å²) in [6.45, 7) is 0. The zero-order chi connectivity index (χ0) is 24.3. The Hall–Kier alpha value is -2.60. The van der Waals surface area contributed by atoms with Gasteiger partial charge in [0.25, 0.3) is 5.91 Å². The maximum absolute atomic E-state index is 12.8. The maximum Gasteiger partial charge on any atom is 0.574 e. The lowest BCUT2D eigenvalue weighted by Gasteiger charge is -2.71. The zero-order valence-corrected chi connectivity index (χ0v) is 18.4. The average molecular weight is 500 g/mol. The van der Waals surface area contributed by atoms with Crippen LogP contribution in [0.25, 0.3) is 0 Å². The minimum Gasteiger partial charge on any atom is -0.480 e. The molecule has 3 saturated carbocycles. The Morgan fingerprint density at radius 3 is 2.62 bits per heavy atom. The van der Waals surface area contributed by atoms with Gasteiger partial charge in [-0.2, -0.15) is 0 Å². The van der Waals surface area contributed by atoms with Crippen LogP contribution >= 0.6 is 11.6 Å². The van der Waals surface area contributed by atoms with Gasteiger partial charge in [0.2, 0.25) is 5.88 Å². The molecule has 3 atom stereocenters. The van der Waals surface area contributed by atoms with Crippen LogP contribution in [0.2, 0.25) is 5.02 Å². The van der Waals surface area contributed by atoms with Gasteiger partial charge in [0.05, 0.1) is 6.10 Å². The fourth-order valence-electron chi connectivity index (χ4n) is 5.10. The smallest absolute Gasteiger partial charge is 0.480 e. The van der Waals surface area contributed by atoms with Gasteiger partial charge in [0.1, 0.15) is 12.0 Å². The van der Waals surface area contributed by atoms with Crippen molar-refractivity contribution < 1.29 is 37.7 Å². The average Bonchev–Trinajstić information content (AvgIpc) is 2.70. The lowest BCUT2D eigenvalue weighted by Crippen LogP contribution is -2.84. The number of hydrogen-bond donors (Lipinski definition) is 4. The predicted octanol–water partition coefficient (Wildman–Crippen LogP) is 2.89. The van der Waals surface area contributed by atoms with Gasteiger partial charge in [0.15, 0.2) is 6.10 Å². The minimum atomic E-state index is -4.84. The lowest BCUT2D eigenvalue weighted by molar-refractivity contribution is -0.276. The fourth-order valence-corrected chi connectivity index (χ4v) is 5.28. The second kappa shape index (κ2) is 7.98. The van der Waals surface area contributed by atoms with Crippen molar-refractivity contribution in [1.29, 1.82) is 0 Å². The standard InChI is InChI=1S/C22H21ClF3N3O5/c23-12-2-3-15-13(5-12)14(30)6-16(33-15)19(32)29-21-8-20(9-21,10-21)28-18(31)11-1-4-17(27-7-11)34-22(24,25)26/h1-5,7,14,16,18,28,30-31H,6,8-10H2,(H,29,32)/t14-,16-,18?,20?,21?/m1/s1. The first kappa shape index (κ1) is 23.2. The molecular weight excluding hydrogens is 479 g/mol. The van der Waals surface area contributed by atoms with Crippen LogP contribution in [0.4, 0.5) is 13.2 Å². The SMILES string of the molecule is O=C(NC12CC(NC(O)c3ccc(OC(F)(F)F)nc3)(C1)C2)[C@H]1C[C@@H](O)c2cc(Cl)ccc2O1. The maximum atomic E-state index is 12.8. The fraction of sp³-hybridized carbons (Fsp3) is 0.455. The van der Waals surface area contributed by atoms with Crippen LogP contribution in [0, 0.1) is 0 Å². The van der Waals surface area contributed by atoms with Gasteiger partial charge in [-0.3, -0.25) is 10.1 Å².